The number of aromatic nitrogens is 3. The number of hydrogen-bond acceptors (Lipinski definition) is 3. The Balaban J connectivity index is 1.31. The van der Waals surface area contributed by atoms with Gasteiger partial charge in [-0.05, 0) is 35.9 Å². The first-order valence-corrected chi connectivity index (χ1v) is 11.7. The van der Waals surface area contributed by atoms with E-state index >= 15 is 0 Å². The van der Waals surface area contributed by atoms with Gasteiger partial charge < -0.3 is 9.88 Å². The molecular formula is C30H22N4O2. The van der Waals surface area contributed by atoms with Gasteiger partial charge in [0.1, 0.15) is 5.69 Å². The molecule has 0 fully saturated rings. The average molecular weight is 471 g/mol. The summed E-state index contributed by atoms with van der Waals surface area (Å²) in [6.07, 6.45) is 0. The lowest BCUT2D eigenvalue weighted by Gasteiger charge is -2.12. The third kappa shape index (κ3) is 3.95. The maximum absolute atomic E-state index is 13.4. The summed E-state index contributed by atoms with van der Waals surface area (Å²) in [5.41, 5.74) is 4.72. The molecule has 2 aromatic heterocycles. The number of nitrogens with zero attached hydrogens (tertiary/aromatic N) is 2. The average Bonchev–Trinajstić information content (AvgIpc) is 3.29. The number of benzene rings is 4. The van der Waals surface area contributed by atoms with Gasteiger partial charge in [-0.15, -0.1) is 0 Å². The lowest BCUT2D eigenvalue weighted by Crippen LogP contribution is -2.17. The van der Waals surface area contributed by atoms with E-state index in [1.807, 2.05) is 95.6 Å². The summed E-state index contributed by atoms with van der Waals surface area (Å²) < 4.78 is 2.05. The normalized spacial score (nSPS) is 11.1. The van der Waals surface area contributed by atoms with E-state index in [1.54, 1.807) is 6.07 Å². The number of carbonyl (C=O) groups is 1. The van der Waals surface area contributed by atoms with E-state index in [4.69, 9.17) is 0 Å². The van der Waals surface area contributed by atoms with Crippen molar-refractivity contribution in [3.63, 3.8) is 0 Å². The highest BCUT2D eigenvalue weighted by molar-refractivity contribution is 6.06. The molecule has 6 nitrogen and oxygen atoms in total. The van der Waals surface area contributed by atoms with E-state index in [9.17, 15) is 9.59 Å². The number of amides is 1. The van der Waals surface area contributed by atoms with Crippen LogP contribution in [0.25, 0.3) is 32.9 Å². The van der Waals surface area contributed by atoms with E-state index < -0.39 is 0 Å². The molecule has 0 saturated heterocycles. The maximum Gasteiger partial charge on any atom is 0.272 e. The summed E-state index contributed by atoms with van der Waals surface area (Å²) in [6, 6.07) is 34.9. The first-order chi connectivity index (χ1) is 17.7. The summed E-state index contributed by atoms with van der Waals surface area (Å²) in [7, 11) is 0. The minimum absolute atomic E-state index is 0.178. The molecule has 0 bridgehead atoms. The second kappa shape index (κ2) is 9.00. The third-order valence-corrected chi connectivity index (χ3v) is 6.34. The van der Waals surface area contributed by atoms with Crippen LogP contribution < -0.4 is 10.9 Å². The van der Waals surface area contributed by atoms with Gasteiger partial charge in [-0.3, -0.25) is 9.59 Å². The van der Waals surface area contributed by atoms with Crippen LogP contribution >= 0.6 is 0 Å². The Kier molecular flexibility index (Phi) is 5.39. The van der Waals surface area contributed by atoms with Crippen LogP contribution in [0.5, 0.6) is 0 Å². The van der Waals surface area contributed by atoms with Crippen LogP contribution in [0.15, 0.2) is 114 Å². The van der Waals surface area contributed by atoms with Crippen LogP contribution in [0.2, 0.25) is 0 Å². The van der Waals surface area contributed by atoms with E-state index in [0.717, 1.165) is 27.4 Å². The highest BCUT2D eigenvalue weighted by Gasteiger charge is 2.16. The predicted molar refractivity (Wildman–Crippen MR) is 143 cm³/mol. The van der Waals surface area contributed by atoms with Crippen molar-refractivity contribution >= 4 is 33.3 Å². The van der Waals surface area contributed by atoms with Crippen LogP contribution in [0.1, 0.15) is 16.1 Å². The van der Waals surface area contributed by atoms with Crippen LogP contribution in [-0.2, 0) is 6.54 Å². The fourth-order valence-corrected chi connectivity index (χ4v) is 4.58. The van der Waals surface area contributed by atoms with Crippen molar-refractivity contribution < 1.29 is 4.79 Å². The lowest BCUT2D eigenvalue weighted by atomic mass is 10.0. The van der Waals surface area contributed by atoms with E-state index in [2.05, 4.69) is 27.6 Å². The van der Waals surface area contributed by atoms with Crippen LogP contribution in [0.4, 0.5) is 5.69 Å². The SMILES string of the molecule is O=C(Nc1ccc(-c2n[nH]c(=O)c3ccccc23)cc1)c1cc2ccccc2n1Cc1ccccc1. The standard InChI is InChI=1S/C30H22N4O2/c35-29-25-12-6-5-11-24(25)28(32-33-29)21-14-16-23(17-15-21)31-30(36)27-18-22-10-4-7-13-26(22)34(27)19-20-8-2-1-3-9-20/h1-18H,19H2,(H,31,36)(H,33,35). The highest BCUT2D eigenvalue weighted by Crippen LogP contribution is 2.26. The molecule has 0 unspecified atom stereocenters. The smallest absolute Gasteiger partial charge is 0.272 e. The Morgan fingerprint density at radius 3 is 2.31 bits per heavy atom. The van der Waals surface area contributed by atoms with Gasteiger partial charge in [-0.1, -0.05) is 78.9 Å². The maximum atomic E-state index is 13.4. The van der Waals surface area contributed by atoms with Crippen molar-refractivity contribution in [2.24, 2.45) is 0 Å². The quantitative estimate of drug-likeness (QED) is 0.332. The zero-order valence-electron chi connectivity index (χ0n) is 19.3. The van der Waals surface area contributed by atoms with E-state index in [-0.39, 0.29) is 11.5 Å². The van der Waals surface area contributed by atoms with Gasteiger partial charge in [0.25, 0.3) is 11.5 Å². The largest absolute Gasteiger partial charge is 0.332 e. The minimum atomic E-state index is -0.218. The minimum Gasteiger partial charge on any atom is -0.332 e. The highest BCUT2D eigenvalue weighted by atomic mass is 16.2. The van der Waals surface area contributed by atoms with Gasteiger partial charge in [-0.2, -0.15) is 5.10 Å². The fourth-order valence-electron chi connectivity index (χ4n) is 4.58. The lowest BCUT2D eigenvalue weighted by molar-refractivity contribution is 0.101. The Hall–Kier alpha value is -4.97. The van der Waals surface area contributed by atoms with Crippen molar-refractivity contribution in [1.29, 1.82) is 0 Å². The molecule has 0 aliphatic carbocycles. The molecule has 2 N–H and O–H groups in total. The second-order valence-electron chi connectivity index (χ2n) is 8.64. The van der Waals surface area contributed by atoms with Crippen molar-refractivity contribution in [2.45, 2.75) is 6.54 Å². The zero-order valence-corrected chi connectivity index (χ0v) is 19.3. The molecule has 0 saturated carbocycles. The monoisotopic (exact) mass is 470 g/mol. The van der Waals surface area contributed by atoms with Gasteiger partial charge in [0.2, 0.25) is 0 Å². The van der Waals surface area contributed by atoms with Crippen molar-refractivity contribution in [3.8, 4) is 11.3 Å². The molecule has 4 aromatic carbocycles. The Bertz CT molecular complexity index is 1770. The van der Waals surface area contributed by atoms with Crippen LogP contribution in [0, 0.1) is 0 Å². The van der Waals surface area contributed by atoms with Gasteiger partial charge >= 0.3 is 0 Å². The predicted octanol–water partition coefficient (Wildman–Crippen LogP) is 5.85. The van der Waals surface area contributed by atoms with Crippen LogP contribution in [-0.4, -0.2) is 20.7 Å². The number of H-pyrrole nitrogens is 1. The summed E-state index contributed by atoms with van der Waals surface area (Å²) >= 11 is 0. The van der Waals surface area contributed by atoms with Crippen molar-refractivity contribution in [2.75, 3.05) is 5.32 Å². The molecule has 2 heterocycles. The van der Waals surface area contributed by atoms with Gasteiger partial charge in [0.05, 0.1) is 11.1 Å². The number of rotatable bonds is 5. The van der Waals surface area contributed by atoms with Gasteiger partial charge in [-0.25, -0.2) is 5.10 Å². The van der Waals surface area contributed by atoms with E-state index in [0.29, 0.717) is 29.0 Å². The first-order valence-electron chi connectivity index (χ1n) is 11.7. The number of para-hydroxylation sites is 1. The summed E-state index contributed by atoms with van der Waals surface area (Å²) in [5.74, 6) is -0.178. The second-order valence-corrected chi connectivity index (χ2v) is 8.64. The van der Waals surface area contributed by atoms with Crippen molar-refractivity contribution in [1.82, 2.24) is 14.8 Å². The Morgan fingerprint density at radius 2 is 1.50 bits per heavy atom. The van der Waals surface area contributed by atoms with E-state index in [1.165, 1.54) is 0 Å². The van der Waals surface area contributed by atoms with Gasteiger partial charge in [0, 0.05) is 34.1 Å². The number of anilines is 1. The molecule has 0 aliphatic heterocycles. The summed E-state index contributed by atoms with van der Waals surface area (Å²) in [4.78, 5) is 25.5. The number of aromatic amines is 1. The number of fused-ring (bicyclic) bond motifs is 2. The Morgan fingerprint density at radius 1 is 0.806 bits per heavy atom. The summed E-state index contributed by atoms with van der Waals surface area (Å²) in [6.45, 7) is 0.598. The molecule has 6 aromatic rings. The molecule has 0 aliphatic rings. The van der Waals surface area contributed by atoms with Gasteiger partial charge in [0.15, 0.2) is 0 Å². The molecule has 6 rings (SSSR count). The zero-order chi connectivity index (χ0) is 24.5. The summed E-state index contributed by atoms with van der Waals surface area (Å²) in [5, 5.41) is 12.3. The fraction of sp³-hybridized carbons (Fsp3) is 0.0333. The molecular weight excluding hydrogens is 448 g/mol. The number of nitrogens with one attached hydrogen (secondary N) is 2. The molecule has 0 atom stereocenters. The number of carbonyl (C=O) groups excluding carboxylic acids is 1. The number of hydrogen-bond donors (Lipinski definition) is 2. The molecule has 0 spiro atoms. The van der Waals surface area contributed by atoms with Crippen LogP contribution in [0.3, 0.4) is 0 Å². The topological polar surface area (TPSA) is 79.8 Å². The Labute approximate surface area is 206 Å². The molecule has 174 valence electrons. The van der Waals surface area contributed by atoms with Crippen molar-refractivity contribution in [3.05, 3.63) is 131 Å². The molecule has 6 heteroatoms. The first kappa shape index (κ1) is 21.6. The molecule has 36 heavy (non-hydrogen) atoms. The molecule has 1 amide bonds. The molecule has 0 radical (unpaired) electrons. The third-order valence-electron chi connectivity index (χ3n) is 6.34.